The minimum atomic E-state index is -0.766. The van der Waals surface area contributed by atoms with Gasteiger partial charge in [-0.1, -0.05) is 18.2 Å². The van der Waals surface area contributed by atoms with Gasteiger partial charge >= 0.3 is 0 Å². The number of carbonyl (C=O) groups excluding carboxylic acids is 2. The molecule has 29 heavy (non-hydrogen) atoms. The lowest BCUT2D eigenvalue weighted by atomic mass is 9.91. The van der Waals surface area contributed by atoms with Gasteiger partial charge in [-0.3, -0.25) is 9.59 Å². The number of halogens is 2. The first kappa shape index (κ1) is 20.5. The molecule has 1 unspecified atom stereocenters. The lowest BCUT2D eigenvalue weighted by molar-refractivity contribution is -0.130. The summed E-state index contributed by atoms with van der Waals surface area (Å²) in [6, 6.07) is 11.8. The molecule has 0 bridgehead atoms. The van der Waals surface area contributed by atoms with Gasteiger partial charge in [-0.2, -0.15) is 0 Å². The summed E-state index contributed by atoms with van der Waals surface area (Å²) in [5.41, 5.74) is 1.33. The Morgan fingerprint density at radius 3 is 2.55 bits per heavy atom. The van der Waals surface area contributed by atoms with Crippen molar-refractivity contribution in [1.82, 2.24) is 9.88 Å². The molecule has 1 atom stereocenters. The van der Waals surface area contributed by atoms with Gasteiger partial charge in [-0.15, -0.1) is 0 Å². The van der Waals surface area contributed by atoms with Gasteiger partial charge in [0.05, 0.1) is 0 Å². The van der Waals surface area contributed by atoms with E-state index in [9.17, 15) is 18.4 Å². The van der Waals surface area contributed by atoms with Gasteiger partial charge in [-0.05, 0) is 42.7 Å². The van der Waals surface area contributed by atoms with Crippen molar-refractivity contribution in [2.24, 2.45) is 0 Å². The normalized spacial score (nSPS) is 16.1. The second-order valence-corrected chi connectivity index (χ2v) is 7.03. The van der Waals surface area contributed by atoms with Crippen LogP contribution < -0.4 is 5.32 Å². The van der Waals surface area contributed by atoms with Gasteiger partial charge in [0.25, 0.3) is 5.91 Å². The lowest BCUT2D eigenvalue weighted by Gasteiger charge is -2.32. The van der Waals surface area contributed by atoms with E-state index >= 15 is 0 Å². The Morgan fingerprint density at radius 2 is 1.83 bits per heavy atom. The number of amides is 2. The maximum Gasteiger partial charge on any atom is 0.272 e. The molecule has 0 radical (unpaired) electrons. The fourth-order valence-electron chi connectivity index (χ4n) is 3.43. The molecule has 2 aromatic rings. The van der Waals surface area contributed by atoms with Crippen LogP contribution in [0, 0.1) is 11.6 Å². The van der Waals surface area contributed by atoms with E-state index in [2.05, 4.69) is 10.3 Å². The highest BCUT2D eigenvalue weighted by Gasteiger charge is 2.22. The number of aromatic amines is 1. The molecule has 1 saturated heterocycles. The third-order valence-electron chi connectivity index (χ3n) is 4.88. The molecule has 1 aliphatic rings. The van der Waals surface area contributed by atoms with Crippen LogP contribution in [-0.4, -0.2) is 34.8 Å². The molecule has 2 N–H and O–H groups in total. The zero-order chi connectivity index (χ0) is 20.8. The Labute approximate surface area is 168 Å². The van der Waals surface area contributed by atoms with Crippen LogP contribution in [0.2, 0.25) is 0 Å². The Balaban J connectivity index is 1.79. The van der Waals surface area contributed by atoms with Crippen LogP contribution in [0.3, 0.4) is 0 Å². The van der Waals surface area contributed by atoms with Crippen LogP contribution in [0.4, 0.5) is 14.5 Å². The number of likely N-dealkylation sites (tertiary alicyclic amines) is 1. The van der Waals surface area contributed by atoms with Crippen molar-refractivity contribution in [3.8, 4) is 0 Å². The second kappa shape index (κ2) is 9.32. The summed E-state index contributed by atoms with van der Waals surface area (Å²) in [6.45, 7) is 3.04. The zero-order valence-electron chi connectivity index (χ0n) is 16.1. The number of nitrogens with one attached hydrogen (secondary N) is 2. The maximum absolute atomic E-state index is 13.3. The lowest BCUT2D eigenvalue weighted by Crippen LogP contribution is -2.37. The van der Waals surface area contributed by atoms with E-state index in [1.807, 2.05) is 17.0 Å². The average Bonchev–Trinajstić information content (AvgIpc) is 2.79. The van der Waals surface area contributed by atoms with Crippen molar-refractivity contribution in [3.63, 3.8) is 0 Å². The summed E-state index contributed by atoms with van der Waals surface area (Å²) >= 11 is 0. The molecular weight excluding hydrogens is 376 g/mol. The first-order valence-corrected chi connectivity index (χ1v) is 9.47. The highest BCUT2D eigenvalue weighted by Crippen LogP contribution is 2.26. The molecule has 7 heteroatoms. The van der Waals surface area contributed by atoms with Gasteiger partial charge < -0.3 is 15.2 Å². The highest BCUT2D eigenvalue weighted by molar-refractivity contribution is 6.02. The largest absolute Gasteiger partial charge is 0.357 e. The quantitative estimate of drug-likeness (QED) is 0.804. The fourth-order valence-corrected chi connectivity index (χ4v) is 3.43. The number of hydrogen-bond acceptors (Lipinski definition) is 2. The number of hydrogen-bond donors (Lipinski definition) is 2. The Kier molecular flexibility index (Phi) is 6.59. The van der Waals surface area contributed by atoms with E-state index in [4.69, 9.17) is 0 Å². The number of aromatic nitrogens is 1. The minimum Gasteiger partial charge on any atom is -0.357 e. The van der Waals surface area contributed by atoms with E-state index in [0.717, 1.165) is 43.1 Å². The smallest absolute Gasteiger partial charge is 0.272 e. The van der Waals surface area contributed by atoms with Gasteiger partial charge in [0.15, 0.2) is 0 Å². The van der Waals surface area contributed by atoms with E-state index in [0.29, 0.717) is 6.54 Å². The molecule has 1 aromatic carbocycles. The summed E-state index contributed by atoms with van der Waals surface area (Å²) in [5, 5.41) is 2.48. The standard InChI is InChI=1S/C22H23F2N3O2/c1-15(28)27-10-4-7-17(14-27)16-5-2-8-21(25-9-3-6-16)22(29)26-20-12-18(23)11-19(24)13-20/h2-3,5-6,8-9,11-13,17,25H,4,7,10,14H2,1H3,(H,26,29). The molecular formula is C22H23F2N3O2. The van der Waals surface area contributed by atoms with Gasteiger partial charge in [0.2, 0.25) is 5.91 Å². The number of piperidine rings is 1. The van der Waals surface area contributed by atoms with Crippen molar-refractivity contribution < 1.29 is 18.4 Å². The van der Waals surface area contributed by atoms with Crippen LogP contribution >= 0.6 is 0 Å². The topological polar surface area (TPSA) is 65.2 Å². The molecule has 1 fully saturated rings. The van der Waals surface area contributed by atoms with Gasteiger partial charge in [0, 0.05) is 43.9 Å². The monoisotopic (exact) mass is 399 g/mol. The molecule has 2 amide bonds. The Hall–Kier alpha value is -3.22. The SMILES string of the molecule is CC(=O)N1CCCC(c2ccc[nH]c(C(=O)Nc3cc(F)cc(F)c3)ccc2)C1. The molecule has 2 heterocycles. The summed E-state index contributed by atoms with van der Waals surface area (Å²) in [7, 11) is 0. The molecule has 5 nitrogen and oxygen atoms in total. The molecule has 0 saturated carbocycles. The minimum absolute atomic E-state index is 0.0355. The summed E-state index contributed by atoms with van der Waals surface area (Å²) in [6.07, 6.45) is 3.56. The molecule has 152 valence electrons. The summed E-state index contributed by atoms with van der Waals surface area (Å²) < 4.78 is 26.6. The molecule has 3 rings (SSSR count). The third-order valence-corrected chi connectivity index (χ3v) is 4.88. The van der Waals surface area contributed by atoms with E-state index in [1.165, 1.54) is 0 Å². The van der Waals surface area contributed by atoms with Crippen LogP contribution in [0.25, 0.3) is 0 Å². The summed E-state index contributed by atoms with van der Waals surface area (Å²) in [4.78, 5) is 28.9. The van der Waals surface area contributed by atoms with Crippen molar-refractivity contribution in [3.05, 3.63) is 77.6 Å². The van der Waals surface area contributed by atoms with Crippen LogP contribution in [0.1, 0.15) is 41.7 Å². The van der Waals surface area contributed by atoms with Crippen molar-refractivity contribution in [1.29, 1.82) is 0 Å². The number of anilines is 1. The predicted molar refractivity (Wildman–Crippen MR) is 107 cm³/mol. The Bertz CT molecular complexity index is 936. The average molecular weight is 399 g/mol. The number of rotatable bonds is 3. The van der Waals surface area contributed by atoms with Crippen molar-refractivity contribution >= 4 is 17.5 Å². The molecule has 0 spiro atoms. The zero-order valence-corrected chi connectivity index (χ0v) is 16.1. The Morgan fingerprint density at radius 1 is 1.10 bits per heavy atom. The highest BCUT2D eigenvalue weighted by atomic mass is 19.1. The van der Waals surface area contributed by atoms with Crippen molar-refractivity contribution in [2.75, 3.05) is 18.4 Å². The van der Waals surface area contributed by atoms with Crippen LogP contribution in [0.15, 0.2) is 54.7 Å². The fraction of sp³-hybridized carbons (Fsp3) is 0.273. The number of carbonyl (C=O) groups is 2. The van der Waals surface area contributed by atoms with Crippen LogP contribution in [0.5, 0.6) is 0 Å². The molecule has 1 aromatic heterocycles. The number of benzene rings is 1. The number of nitrogens with zero attached hydrogens (tertiary/aromatic N) is 1. The van der Waals surface area contributed by atoms with Gasteiger partial charge in [-0.25, -0.2) is 8.78 Å². The maximum atomic E-state index is 13.3. The van der Waals surface area contributed by atoms with Crippen LogP contribution in [-0.2, 0) is 4.79 Å². The first-order chi connectivity index (χ1) is 13.9. The van der Waals surface area contributed by atoms with Gasteiger partial charge in [0.1, 0.15) is 17.3 Å². The number of H-pyrrole nitrogens is 1. The van der Waals surface area contributed by atoms with Crippen molar-refractivity contribution in [2.45, 2.75) is 25.7 Å². The molecule has 1 aliphatic heterocycles. The van der Waals surface area contributed by atoms with E-state index in [1.54, 1.807) is 31.3 Å². The molecule has 0 aliphatic carbocycles. The van der Waals surface area contributed by atoms with E-state index < -0.39 is 17.5 Å². The second-order valence-electron chi connectivity index (χ2n) is 7.03. The predicted octanol–water partition coefficient (Wildman–Crippen LogP) is 4.40. The first-order valence-electron chi connectivity index (χ1n) is 9.47. The third kappa shape index (κ3) is 5.63. The summed E-state index contributed by atoms with van der Waals surface area (Å²) in [5.74, 6) is -1.75. The van der Waals surface area contributed by atoms with E-state index in [-0.39, 0.29) is 23.2 Å².